The minimum Gasteiger partial charge on any atom is -1.00 e. The molecule has 0 radical (unpaired) electrons. The van der Waals surface area contributed by atoms with E-state index in [0.717, 1.165) is 11.8 Å². The van der Waals surface area contributed by atoms with Crippen molar-refractivity contribution in [2.45, 2.75) is 37.5 Å². The second-order valence-electron chi connectivity index (χ2n) is 7.38. The van der Waals surface area contributed by atoms with Gasteiger partial charge in [-0.1, -0.05) is 12.1 Å². The zero-order valence-corrected chi connectivity index (χ0v) is 19.1. The molecule has 2 aliphatic carbocycles. The summed E-state index contributed by atoms with van der Waals surface area (Å²) in [4.78, 5) is 0. The molecule has 0 amide bonds. The molecular formula is C24H22Cl2Zr. The van der Waals surface area contributed by atoms with Crippen LogP contribution < -0.4 is 24.8 Å². The van der Waals surface area contributed by atoms with Crippen LogP contribution >= 0.6 is 0 Å². The molecule has 2 fully saturated rings. The SMILES string of the molecule is [Cl-].[Cl-].[Zr+4].c1ccc2[cH-]c(C3CC3)cc2c1.c1ccc2[cH-]c(C3CC3)cc2c1. The van der Waals surface area contributed by atoms with Gasteiger partial charge >= 0.3 is 26.2 Å². The van der Waals surface area contributed by atoms with E-state index < -0.39 is 0 Å². The molecule has 0 nitrogen and oxygen atoms in total. The van der Waals surface area contributed by atoms with E-state index in [0.29, 0.717) is 0 Å². The summed E-state index contributed by atoms with van der Waals surface area (Å²) in [5.41, 5.74) is 3.10. The molecule has 3 heteroatoms. The molecule has 0 aromatic heterocycles. The number of hydrogen-bond acceptors (Lipinski definition) is 0. The van der Waals surface area contributed by atoms with Gasteiger partial charge in [-0.05, 0) is 37.5 Å². The molecule has 0 saturated heterocycles. The van der Waals surface area contributed by atoms with Gasteiger partial charge in [0.15, 0.2) is 0 Å². The van der Waals surface area contributed by atoms with Crippen LogP contribution in [0.25, 0.3) is 21.5 Å². The fourth-order valence-electron chi connectivity index (χ4n) is 3.65. The summed E-state index contributed by atoms with van der Waals surface area (Å²) in [6.07, 6.45) is 5.60. The van der Waals surface area contributed by atoms with Crippen molar-refractivity contribution in [3.05, 3.63) is 83.9 Å². The summed E-state index contributed by atoms with van der Waals surface area (Å²) in [6, 6.07) is 26.6. The van der Waals surface area contributed by atoms with Gasteiger partial charge in [0.1, 0.15) is 0 Å². The van der Waals surface area contributed by atoms with Gasteiger partial charge in [-0.15, -0.1) is 81.2 Å². The van der Waals surface area contributed by atoms with Crippen LogP contribution in [0.1, 0.15) is 48.6 Å². The Kier molecular flexibility index (Phi) is 7.93. The maximum absolute atomic E-state index is 2.34. The normalized spacial score (nSPS) is 15.1. The van der Waals surface area contributed by atoms with Crippen molar-refractivity contribution in [1.29, 1.82) is 0 Å². The molecule has 2 aliphatic rings. The number of halogens is 2. The monoisotopic (exact) mass is 470 g/mol. The van der Waals surface area contributed by atoms with E-state index in [1.165, 1.54) is 47.2 Å². The number of fused-ring (bicyclic) bond motifs is 2. The molecule has 0 heterocycles. The van der Waals surface area contributed by atoms with Crippen molar-refractivity contribution in [1.82, 2.24) is 0 Å². The van der Waals surface area contributed by atoms with Crippen LogP contribution in [0.4, 0.5) is 0 Å². The van der Waals surface area contributed by atoms with Gasteiger partial charge in [0, 0.05) is 0 Å². The number of hydrogen-bond donors (Lipinski definition) is 0. The quantitative estimate of drug-likeness (QED) is 0.380. The van der Waals surface area contributed by atoms with Gasteiger partial charge in [0.25, 0.3) is 0 Å². The van der Waals surface area contributed by atoms with E-state index in [1.54, 1.807) is 11.1 Å². The first-order chi connectivity index (χ1) is 11.9. The van der Waals surface area contributed by atoms with Crippen LogP contribution in [0.15, 0.2) is 72.8 Å². The van der Waals surface area contributed by atoms with E-state index in [9.17, 15) is 0 Å². The van der Waals surface area contributed by atoms with Crippen LogP contribution in [0.2, 0.25) is 0 Å². The number of rotatable bonds is 2. The molecule has 0 bridgehead atoms. The number of benzene rings is 2. The minimum absolute atomic E-state index is 0. The Morgan fingerprint density at radius 3 is 1.30 bits per heavy atom. The molecule has 0 spiro atoms. The van der Waals surface area contributed by atoms with Gasteiger partial charge in [-0.2, -0.15) is 12.1 Å². The topological polar surface area (TPSA) is 0 Å². The fourth-order valence-corrected chi connectivity index (χ4v) is 3.65. The van der Waals surface area contributed by atoms with Crippen molar-refractivity contribution >= 4 is 21.5 Å². The zero-order valence-electron chi connectivity index (χ0n) is 15.2. The maximum atomic E-state index is 2.34. The van der Waals surface area contributed by atoms with E-state index in [4.69, 9.17) is 0 Å². The van der Waals surface area contributed by atoms with E-state index in [2.05, 4.69) is 72.8 Å². The molecule has 4 aromatic carbocycles. The minimum atomic E-state index is 0. The van der Waals surface area contributed by atoms with Crippen molar-refractivity contribution in [3.63, 3.8) is 0 Å². The summed E-state index contributed by atoms with van der Waals surface area (Å²) < 4.78 is 0. The van der Waals surface area contributed by atoms with Gasteiger partial charge in [-0.25, -0.2) is 0 Å². The Hall–Kier alpha value is -0.877. The van der Waals surface area contributed by atoms with Crippen molar-refractivity contribution in [2.75, 3.05) is 0 Å². The third-order valence-electron chi connectivity index (χ3n) is 5.38. The molecule has 0 atom stereocenters. The van der Waals surface area contributed by atoms with Crippen LogP contribution in [0.3, 0.4) is 0 Å². The Labute approximate surface area is 193 Å². The van der Waals surface area contributed by atoms with Gasteiger partial charge in [0.05, 0.1) is 0 Å². The van der Waals surface area contributed by atoms with E-state index in [-0.39, 0.29) is 51.0 Å². The average Bonchev–Trinajstić information content (AvgIpc) is 3.55. The summed E-state index contributed by atoms with van der Waals surface area (Å²) in [5.74, 6) is 1.77. The molecule has 0 N–H and O–H groups in total. The van der Waals surface area contributed by atoms with Crippen molar-refractivity contribution in [2.24, 2.45) is 0 Å². The molecule has 0 unspecified atom stereocenters. The Morgan fingerprint density at radius 2 is 0.963 bits per heavy atom. The predicted molar refractivity (Wildman–Crippen MR) is 103 cm³/mol. The van der Waals surface area contributed by atoms with Gasteiger partial charge in [-0.3, -0.25) is 0 Å². The third kappa shape index (κ3) is 5.14. The second-order valence-corrected chi connectivity index (χ2v) is 7.38. The molecular weight excluding hydrogens is 450 g/mol. The standard InChI is InChI=1S/2C12H11.2ClH.Zr/c2*1-2-4-11-8-12(9-5-6-9)7-10(11)3-1;;;/h2*1-4,7-9H,5-6H2;2*1H;/q2*-1;;;+4/p-2. The predicted octanol–water partition coefficient (Wildman–Crippen LogP) is 0.878. The Bertz CT molecular complexity index is 842. The van der Waals surface area contributed by atoms with E-state index in [1.807, 2.05) is 0 Å². The summed E-state index contributed by atoms with van der Waals surface area (Å²) >= 11 is 0. The Morgan fingerprint density at radius 1 is 0.593 bits per heavy atom. The van der Waals surface area contributed by atoms with Crippen LogP contribution in [-0.4, -0.2) is 0 Å². The molecule has 2 saturated carbocycles. The van der Waals surface area contributed by atoms with Crippen molar-refractivity contribution < 1.29 is 51.0 Å². The molecule has 136 valence electrons. The third-order valence-corrected chi connectivity index (χ3v) is 5.38. The summed E-state index contributed by atoms with van der Waals surface area (Å²) in [5, 5.41) is 5.61. The van der Waals surface area contributed by atoms with Crippen molar-refractivity contribution in [3.8, 4) is 0 Å². The summed E-state index contributed by atoms with van der Waals surface area (Å²) in [7, 11) is 0. The van der Waals surface area contributed by atoms with Crippen LogP contribution in [-0.2, 0) is 26.2 Å². The average molecular weight is 473 g/mol. The second kappa shape index (κ2) is 9.55. The molecule has 6 rings (SSSR count). The zero-order chi connectivity index (χ0) is 15.9. The summed E-state index contributed by atoms with van der Waals surface area (Å²) in [6.45, 7) is 0. The molecule has 27 heavy (non-hydrogen) atoms. The maximum Gasteiger partial charge on any atom is 4.00 e. The molecule has 4 aromatic rings. The first kappa shape index (κ1) is 22.4. The Balaban J connectivity index is 0.000000174. The fraction of sp³-hybridized carbons (Fsp3) is 0.250. The largest absolute Gasteiger partial charge is 4.00 e. The first-order valence-electron chi connectivity index (χ1n) is 9.17. The van der Waals surface area contributed by atoms with Crippen LogP contribution in [0.5, 0.6) is 0 Å². The van der Waals surface area contributed by atoms with E-state index >= 15 is 0 Å². The smallest absolute Gasteiger partial charge is 1.00 e. The first-order valence-corrected chi connectivity index (χ1v) is 9.17. The van der Waals surface area contributed by atoms with Crippen LogP contribution in [0, 0.1) is 0 Å². The van der Waals surface area contributed by atoms with Gasteiger partial charge in [0.2, 0.25) is 0 Å². The molecule has 0 aliphatic heterocycles. The van der Waals surface area contributed by atoms with Gasteiger partial charge < -0.3 is 24.8 Å².